The van der Waals surface area contributed by atoms with Crippen LogP contribution in [0.5, 0.6) is 0 Å². The molecule has 100 valence electrons. The summed E-state index contributed by atoms with van der Waals surface area (Å²) in [5.41, 5.74) is -0.938. The minimum atomic E-state index is -0.945. The maximum absolute atomic E-state index is 11.9. The topological polar surface area (TPSA) is 63.6 Å². The van der Waals surface area contributed by atoms with Gasteiger partial charge in [-0.25, -0.2) is 0 Å². The highest BCUT2D eigenvalue weighted by Gasteiger charge is 2.39. The van der Waals surface area contributed by atoms with E-state index in [-0.39, 0.29) is 17.8 Å². The third kappa shape index (κ3) is 4.02. The molecule has 0 radical (unpaired) electrons. The fraction of sp³-hybridized carbons (Fsp3) is 0.846. The Bertz CT molecular complexity index is 285. The van der Waals surface area contributed by atoms with Crippen LogP contribution in [-0.4, -0.2) is 22.6 Å². The van der Waals surface area contributed by atoms with Crippen LogP contribution in [0.25, 0.3) is 0 Å². The van der Waals surface area contributed by atoms with E-state index in [0.717, 1.165) is 0 Å². The molecule has 3 unspecified atom stereocenters. The second kappa shape index (κ2) is 6.03. The summed E-state index contributed by atoms with van der Waals surface area (Å²) in [6.07, 6.45) is 0.483. The maximum Gasteiger partial charge on any atom is 0.310 e. The van der Waals surface area contributed by atoms with Crippen LogP contribution in [0.4, 0.5) is 0 Å². The molecule has 0 aromatic carbocycles. The molecule has 0 saturated carbocycles. The van der Waals surface area contributed by atoms with Crippen molar-refractivity contribution in [1.82, 2.24) is 0 Å². The van der Waals surface area contributed by atoms with Crippen LogP contribution >= 0.6 is 0 Å². The summed E-state index contributed by atoms with van der Waals surface area (Å²) in [5, 5.41) is 9.02. The number of rotatable bonds is 6. The first-order valence-electron chi connectivity index (χ1n) is 6.11. The first-order valence-corrected chi connectivity index (χ1v) is 6.11. The predicted octanol–water partition coefficient (Wildman–Crippen LogP) is 2.71. The highest BCUT2D eigenvalue weighted by atomic mass is 16.6. The Balaban J connectivity index is 4.81. The van der Waals surface area contributed by atoms with Crippen molar-refractivity contribution in [2.75, 3.05) is 0 Å². The molecule has 0 aliphatic heterocycles. The second-order valence-corrected chi connectivity index (χ2v) is 5.18. The van der Waals surface area contributed by atoms with Crippen molar-refractivity contribution in [3.8, 4) is 0 Å². The molecule has 0 bridgehead atoms. The van der Waals surface area contributed by atoms with Crippen molar-refractivity contribution < 1.29 is 19.4 Å². The van der Waals surface area contributed by atoms with E-state index in [1.165, 1.54) is 0 Å². The van der Waals surface area contributed by atoms with Gasteiger partial charge in [-0.1, -0.05) is 27.7 Å². The SMILES string of the molecule is CCC(C)(OC(=O)C(C)C(C)C)C(C)C(=O)O. The molecule has 0 spiro atoms. The van der Waals surface area contributed by atoms with Crippen molar-refractivity contribution in [2.45, 2.75) is 53.6 Å². The zero-order chi connectivity index (χ0) is 13.8. The molecule has 0 fully saturated rings. The minimum absolute atomic E-state index is 0.184. The van der Waals surface area contributed by atoms with Crippen LogP contribution in [0.2, 0.25) is 0 Å². The Morgan fingerprint density at radius 2 is 1.71 bits per heavy atom. The van der Waals surface area contributed by atoms with Gasteiger partial charge in [-0.3, -0.25) is 9.59 Å². The Kier molecular flexibility index (Phi) is 5.66. The number of carboxylic acid groups (broad SMARTS) is 1. The third-order valence-corrected chi connectivity index (χ3v) is 3.69. The zero-order valence-corrected chi connectivity index (χ0v) is 11.6. The van der Waals surface area contributed by atoms with Gasteiger partial charge in [0.15, 0.2) is 0 Å². The molecule has 1 N–H and O–H groups in total. The molecule has 4 heteroatoms. The molecule has 0 aliphatic rings. The Hall–Kier alpha value is -1.06. The van der Waals surface area contributed by atoms with Crippen molar-refractivity contribution in [1.29, 1.82) is 0 Å². The number of esters is 1. The summed E-state index contributed by atoms with van der Waals surface area (Å²) in [5.74, 6) is -2.02. The second-order valence-electron chi connectivity index (χ2n) is 5.18. The number of carbonyl (C=O) groups excluding carboxylic acids is 1. The summed E-state index contributed by atoms with van der Waals surface area (Å²) in [6.45, 7) is 10.8. The van der Waals surface area contributed by atoms with E-state index in [1.807, 2.05) is 20.8 Å². The molecule has 3 atom stereocenters. The molecular formula is C13H24O4. The molecule has 4 nitrogen and oxygen atoms in total. The average molecular weight is 244 g/mol. The monoisotopic (exact) mass is 244 g/mol. The first kappa shape index (κ1) is 15.9. The Morgan fingerprint density at radius 1 is 1.24 bits per heavy atom. The number of aliphatic carboxylic acids is 1. The predicted molar refractivity (Wildman–Crippen MR) is 65.6 cm³/mol. The van der Waals surface area contributed by atoms with Crippen LogP contribution in [0.15, 0.2) is 0 Å². The van der Waals surface area contributed by atoms with Crippen LogP contribution in [0, 0.1) is 17.8 Å². The summed E-state index contributed by atoms with van der Waals surface area (Å²) < 4.78 is 5.41. The maximum atomic E-state index is 11.9. The van der Waals surface area contributed by atoms with Crippen molar-refractivity contribution >= 4 is 11.9 Å². The van der Waals surface area contributed by atoms with Crippen molar-refractivity contribution in [3.05, 3.63) is 0 Å². The van der Waals surface area contributed by atoms with Gasteiger partial charge >= 0.3 is 11.9 Å². The molecule has 0 heterocycles. The molecule has 0 aromatic rings. The lowest BCUT2D eigenvalue weighted by Gasteiger charge is -2.33. The van der Waals surface area contributed by atoms with Gasteiger partial charge in [-0.05, 0) is 26.2 Å². The molecule has 17 heavy (non-hydrogen) atoms. The van der Waals surface area contributed by atoms with Crippen LogP contribution in [-0.2, 0) is 14.3 Å². The fourth-order valence-electron chi connectivity index (χ4n) is 1.32. The smallest absolute Gasteiger partial charge is 0.310 e. The van der Waals surface area contributed by atoms with E-state index in [2.05, 4.69) is 0 Å². The number of carboxylic acids is 1. The van der Waals surface area contributed by atoms with Crippen molar-refractivity contribution in [2.24, 2.45) is 17.8 Å². The van der Waals surface area contributed by atoms with Gasteiger partial charge in [-0.2, -0.15) is 0 Å². The quantitative estimate of drug-likeness (QED) is 0.730. The number of hydrogen-bond donors (Lipinski definition) is 1. The molecule has 0 amide bonds. The lowest BCUT2D eigenvalue weighted by Crippen LogP contribution is -2.43. The van der Waals surface area contributed by atoms with E-state index in [9.17, 15) is 9.59 Å². The summed E-state index contributed by atoms with van der Waals surface area (Å²) in [4.78, 5) is 22.9. The van der Waals surface area contributed by atoms with E-state index in [1.54, 1.807) is 20.8 Å². The highest BCUT2D eigenvalue weighted by molar-refractivity contribution is 5.75. The standard InChI is InChI=1S/C13H24O4/c1-7-13(6,10(5)11(14)15)17-12(16)9(4)8(2)3/h8-10H,7H2,1-6H3,(H,14,15). The van der Waals surface area contributed by atoms with Crippen molar-refractivity contribution in [3.63, 3.8) is 0 Å². The summed E-state index contributed by atoms with van der Waals surface area (Å²) >= 11 is 0. The molecule has 0 rings (SSSR count). The number of ether oxygens (including phenoxy) is 1. The van der Waals surface area contributed by atoms with Crippen LogP contribution < -0.4 is 0 Å². The van der Waals surface area contributed by atoms with E-state index in [4.69, 9.17) is 9.84 Å². The van der Waals surface area contributed by atoms with Gasteiger partial charge in [0, 0.05) is 0 Å². The largest absolute Gasteiger partial charge is 0.481 e. The zero-order valence-electron chi connectivity index (χ0n) is 11.6. The lowest BCUT2D eigenvalue weighted by atomic mass is 9.87. The van der Waals surface area contributed by atoms with Gasteiger partial charge in [0.25, 0.3) is 0 Å². The van der Waals surface area contributed by atoms with E-state index < -0.39 is 17.5 Å². The highest BCUT2D eigenvalue weighted by Crippen LogP contribution is 2.28. The molecule has 0 aromatic heterocycles. The van der Waals surface area contributed by atoms with Crippen LogP contribution in [0.3, 0.4) is 0 Å². The van der Waals surface area contributed by atoms with E-state index in [0.29, 0.717) is 6.42 Å². The normalized spacial score (nSPS) is 18.3. The third-order valence-electron chi connectivity index (χ3n) is 3.69. The van der Waals surface area contributed by atoms with Gasteiger partial charge in [0.1, 0.15) is 5.60 Å². The molecule has 0 saturated heterocycles. The lowest BCUT2D eigenvalue weighted by molar-refractivity contribution is -0.175. The van der Waals surface area contributed by atoms with Gasteiger partial charge < -0.3 is 9.84 Å². The minimum Gasteiger partial charge on any atom is -0.481 e. The molecular weight excluding hydrogens is 220 g/mol. The van der Waals surface area contributed by atoms with Crippen LogP contribution in [0.1, 0.15) is 48.0 Å². The fourth-order valence-corrected chi connectivity index (χ4v) is 1.32. The summed E-state index contributed by atoms with van der Waals surface area (Å²) in [6, 6.07) is 0. The Morgan fingerprint density at radius 3 is 2.00 bits per heavy atom. The average Bonchev–Trinajstić information content (AvgIpc) is 2.26. The number of carbonyl (C=O) groups is 2. The van der Waals surface area contributed by atoms with E-state index >= 15 is 0 Å². The molecule has 0 aliphatic carbocycles. The van der Waals surface area contributed by atoms with Gasteiger partial charge in [0.2, 0.25) is 0 Å². The van der Waals surface area contributed by atoms with Gasteiger partial charge in [0.05, 0.1) is 11.8 Å². The van der Waals surface area contributed by atoms with Gasteiger partial charge in [-0.15, -0.1) is 0 Å². The number of hydrogen-bond acceptors (Lipinski definition) is 3. The first-order chi connectivity index (χ1) is 7.65. The summed E-state index contributed by atoms with van der Waals surface area (Å²) in [7, 11) is 0. The Labute approximate surface area is 103 Å².